The molecule has 31 heavy (non-hydrogen) atoms. The molecule has 0 fully saturated rings. The Kier molecular flexibility index (Phi) is 8.13. The van der Waals surface area contributed by atoms with E-state index in [4.69, 9.17) is 16.0 Å². The van der Waals surface area contributed by atoms with Crippen LogP contribution in [0.4, 0.5) is 4.79 Å². The molecule has 8 nitrogen and oxygen atoms in total. The summed E-state index contributed by atoms with van der Waals surface area (Å²) in [5.74, 6) is 1.44. The monoisotopic (exact) mass is 461 g/mol. The molecule has 2 heterocycles. The van der Waals surface area contributed by atoms with Gasteiger partial charge in [0.2, 0.25) is 5.91 Å². The molecular weight excluding hydrogens is 438 g/mol. The van der Waals surface area contributed by atoms with Gasteiger partial charge in [0.1, 0.15) is 5.76 Å². The van der Waals surface area contributed by atoms with Gasteiger partial charge in [-0.25, -0.2) is 4.79 Å². The van der Waals surface area contributed by atoms with E-state index in [0.717, 1.165) is 17.7 Å². The Balaban J connectivity index is 1.67. The maximum absolute atomic E-state index is 12.2. The van der Waals surface area contributed by atoms with E-state index in [1.807, 2.05) is 22.8 Å². The van der Waals surface area contributed by atoms with E-state index in [0.29, 0.717) is 35.0 Å². The quantitative estimate of drug-likeness (QED) is 0.463. The number of halogens is 1. The van der Waals surface area contributed by atoms with Crippen molar-refractivity contribution in [1.82, 2.24) is 25.4 Å². The minimum atomic E-state index is -0.495. The summed E-state index contributed by atoms with van der Waals surface area (Å²) < 4.78 is 7.33. The van der Waals surface area contributed by atoms with Crippen molar-refractivity contribution < 1.29 is 14.0 Å². The molecule has 0 atom stereocenters. The van der Waals surface area contributed by atoms with Crippen LogP contribution in [0, 0.1) is 5.92 Å². The molecular formula is C21H24ClN5O3S. The molecule has 3 aromatic rings. The Morgan fingerprint density at radius 1 is 1.19 bits per heavy atom. The second-order valence-electron chi connectivity index (χ2n) is 7.25. The van der Waals surface area contributed by atoms with Crippen molar-refractivity contribution >= 4 is 35.3 Å². The van der Waals surface area contributed by atoms with Crippen LogP contribution in [0.2, 0.25) is 5.02 Å². The lowest BCUT2D eigenvalue weighted by Crippen LogP contribution is -2.40. The van der Waals surface area contributed by atoms with Crippen molar-refractivity contribution in [1.29, 1.82) is 0 Å². The highest BCUT2D eigenvalue weighted by molar-refractivity contribution is 7.99. The number of benzene rings is 1. The molecule has 0 radical (unpaired) electrons. The predicted octanol–water partition coefficient (Wildman–Crippen LogP) is 4.20. The molecule has 0 saturated heterocycles. The summed E-state index contributed by atoms with van der Waals surface area (Å²) in [7, 11) is 0. The van der Waals surface area contributed by atoms with Gasteiger partial charge in [0.25, 0.3) is 0 Å². The number of furan rings is 1. The van der Waals surface area contributed by atoms with E-state index in [-0.39, 0.29) is 5.75 Å². The average molecular weight is 462 g/mol. The van der Waals surface area contributed by atoms with Gasteiger partial charge in [0.15, 0.2) is 11.0 Å². The zero-order chi connectivity index (χ0) is 22.2. The van der Waals surface area contributed by atoms with Crippen LogP contribution in [0.1, 0.15) is 26.0 Å². The van der Waals surface area contributed by atoms with Crippen LogP contribution in [0.25, 0.3) is 11.4 Å². The summed E-state index contributed by atoms with van der Waals surface area (Å²) in [4.78, 5) is 24.0. The number of hydrogen-bond donors (Lipinski definition) is 2. The zero-order valence-corrected chi connectivity index (χ0v) is 18.9. The number of carbonyl (C=O) groups excluding carboxylic acids is 2. The van der Waals surface area contributed by atoms with Crippen LogP contribution in [-0.4, -0.2) is 39.0 Å². The number of nitrogens with one attached hydrogen (secondary N) is 2. The summed E-state index contributed by atoms with van der Waals surface area (Å²) in [5.41, 5.74) is 0.837. The van der Waals surface area contributed by atoms with Gasteiger partial charge in [0.05, 0.1) is 18.6 Å². The lowest BCUT2D eigenvalue weighted by atomic mass is 10.1. The molecule has 0 saturated carbocycles. The SMILES string of the molecule is CC(C)CCNC(=O)NC(=O)CSc1nnc(-c2ccc(Cl)cc2)n1Cc1ccco1. The number of aromatic nitrogens is 3. The van der Waals surface area contributed by atoms with Gasteiger partial charge in [-0.2, -0.15) is 0 Å². The van der Waals surface area contributed by atoms with Gasteiger partial charge in [-0.15, -0.1) is 10.2 Å². The summed E-state index contributed by atoms with van der Waals surface area (Å²) in [6, 6.07) is 10.4. The van der Waals surface area contributed by atoms with E-state index in [9.17, 15) is 9.59 Å². The number of carbonyl (C=O) groups is 2. The molecule has 0 aliphatic rings. The molecule has 10 heteroatoms. The Bertz CT molecular complexity index is 1000. The number of rotatable bonds is 9. The first-order chi connectivity index (χ1) is 14.9. The zero-order valence-electron chi connectivity index (χ0n) is 17.3. The van der Waals surface area contributed by atoms with Gasteiger partial charge in [-0.3, -0.25) is 14.7 Å². The number of urea groups is 1. The maximum Gasteiger partial charge on any atom is 0.321 e. The number of imide groups is 1. The highest BCUT2D eigenvalue weighted by Crippen LogP contribution is 2.26. The molecule has 2 aromatic heterocycles. The predicted molar refractivity (Wildman–Crippen MR) is 120 cm³/mol. The van der Waals surface area contributed by atoms with Crippen LogP contribution in [-0.2, 0) is 11.3 Å². The van der Waals surface area contributed by atoms with Crippen LogP contribution in [0.15, 0.2) is 52.2 Å². The highest BCUT2D eigenvalue weighted by Gasteiger charge is 2.17. The molecule has 1 aromatic carbocycles. The van der Waals surface area contributed by atoms with Crippen LogP contribution >= 0.6 is 23.4 Å². The molecule has 3 rings (SSSR count). The Hall–Kier alpha value is -2.78. The Morgan fingerprint density at radius 2 is 1.97 bits per heavy atom. The topological polar surface area (TPSA) is 102 Å². The van der Waals surface area contributed by atoms with E-state index < -0.39 is 11.9 Å². The molecule has 0 bridgehead atoms. The van der Waals surface area contributed by atoms with Crippen molar-refractivity contribution in [2.75, 3.05) is 12.3 Å². The maximum atomic E-state index is 12.2. The minimum absolute atomic E-state index is 0.0223. The minimum Gasteiger partial charge on any atom is -0.467 e. The summed E-state index contributed by atoms with van der Waals surface area (Å²) in [6.45, 7) is 5.06. The van der Waals surface area contributed by atoms with Gasteiger partial charge in [0, 0.05) is 17.1 Å². The average Bonchev–Trinajstić information content (AvgIpc) is 3.37. The third-order valence-electron chi connectivity index (χ3n) is 4.31. The number of thioether (sulfide) groups is 1. The molecule has 0 aliphatic heterocycles. The third-order valence-corrected chi connectivity index (χ3v) is 5.52. The lowest BCUT2D eigenvalue weighted by Gasteiger charge is -2.10. The van der Waals surface area contributed by atoms with Crippen molar-refractivity contribution in [3.05, 3.63) is 53.4 Å². The van der Waals surface area contributed by atoms with Crippen molar-refractivity contribution in [3.8, 4) is 11.4 Å². The van der Waals surface area contributed by atoms with Crippen LogP contribution in [0.5, 0.6) is 0 Å². The molecule has 3 amide bonds. The Morgan fingerprint density at radius 3 is 2.65 bits per heavy atom. The number of nitrogens with zero attached hydrogens (tertiary/aromatic N) is 3. The van der Waals surface area contributed by atoms with E-state index >= 15 is 0 Å². The lowest BCUT2D eigenvalue weighted by molar-refractivity contribution is -0.117. The second kappa shape index (κ2) is 11.0. The van der Waals surface area contributed by atoms with E-state index in [2.05, 4.69) is 34.7 Å². The third kappa shape index (κ3) is 6.86. The molecule has 0 aliphatic carbocycles. The van der Waals surface area contributed by atoms with E-state index in [1.54, 1.807) is 24.5 Å². The van der Waals surface area contributed by atoms with Crippen LogP contribution < -0.4 is 10.6 Å². The first-order valence-electron chi connectivity index (χ1n) is 9.84. The van der Waals surface area contributed by atoms with Gasteiger partial charge < -0.3 is 9.73 Å². The normalized spacial score (nSPS) is 11.0. The van der Waals surface area contributed by atoms with Crippen LogP contribution in [0.3, 0.4) is 0 Å². The first kappa shape index (κ1) is 22.9. The van der Waals surface area contributed by atoms with Gasteiger partial charge in [-0.05, 0) is 48.7 Å². The fourth-order valence-electron chi connectivity index (χ4n) is 2.72. The van der Waals surface area contributed by atoms with Crippen molar-refractivity contribution in [2.24, 2.45) is 5.92 Å². The first-order valence-corrected chi connectivity index (χ1v) is 11.2. The molecule has 0 unspecified atom stereocenters. The second-order valence-corrected chi connectivity index (χ2v) is 8.63. The van der Waals surface area contributed by atoms with Gasteiger partial charge in [-0.1, -0.05) is 37.2 Å². The fourth-order valence-corrected chi connectivity index (χ4v) is 3.58. The fraction of sp³-hybridized carbons (Fsp3) is 0.333. The standard InChI is InChI=1S/C21H24ClN5O3S/c1-14(2)9-10-23-20(29)24-18(28)13-31-21-26-25-19(15-5-7-16(22)8-6-15)27(21)12-17-4-3-11-30-17/h3-8,11,14H,9-10,12-13H2,1-2H3,(H2,23,24,28,29). The van der Waals surface area contributed by atoms with E-state index in [1.165, 1.54) is 11.8 Å². The largest absolute Gasteiger partial charge is 0.467 e. The summed E-state index contributed by atoms with van der Waals surface area (Å²) in [5, 5.41) is 14.7. The van der Waals surface area contributed by atoms with Gasteiger partial charge >= 0.3 is 6.03 Å². The molecule has 164 valence electrons. The summed E-state index contributed by atoms with van der Waals surface area (Å²) >= 11 is 7.19. The molecule has 2 N–H and O–H groups in total. The Labute approximate surface area is 189 Å². The van der Waals surface area contributed by atoms with Crippen molar-refractivity contribution in [2.45, 2.75) is 32.0 Å². The van der Waals surface area contributed by atoms with Crippen molar-refractivity contribution in [3.63, 3.8) is 0 Å². The summed E-state index contributed by atoms with van der Waals surface area (Å²) in [6.07, 6.45) is 2.44. The number of amides is 3. The number of hydrogen-bond acceptors (Lipinski definition) is 6. The molecule has 0 spiro atoms. The highest BCUT2D eigenvalue weighted by atomic mass is 35.5. The smallest absolute Gasteiger partial charge is 0.321 e.